The Bertz CT molecular complexity index is 358. The van der Waals surface area contributed by atoms with Crippen molar-refractivity contribution in [3.63, 3.8) is 0 Å². The van der Waals surface area contributed by atoms with Crippen LogP contribution in [0, 0.1) is 5.92 Å². The highest BCUT2D eigenvalue weighted by molar-refractivity contribution is 9.10. The quantitative estimate of drug-likeness (QED) is 0.497. The van der Waals surface area contributed by atoms with Crippen LogP contribution in [-0.4, -0.2) is 11.0 Å². The van der Waals surface area contributed by atoms with Gasteiger partial charge in [-0.2, -0.15) is 12.6 Å². The van der Waals surface area contributed by atoms with Gasteiger partial charge >= 0.3 is 0 Å². The van der Waals surface area contributed by atoms with Gasteiger partial charge < -0.3 is 0 Å². The molecule has 2 rings (SSSR count). The fraction of sp³-hybridized carbons (Fsp3) is 0.684. The first-order valence-electron chi connectivity index (χ1n) is 8.68. The predicted molar refractivity (Wildman–Crippen MR) is 112 cm³/mol. The minimum atomic E-state index is 0.799. The molecule has 0 heterocycles. The molecule has 1 aliphatic rings. The van der Waals surface area contributed by atoms with Gasteiger partial charge in [-0.05, 0) is 42.7 Å². The summed E-state index contributed by atoms with van der Waals surface area (Å²) in [4.78, 5) is 1.41. The lowest BCUT2D eigenvalue weighted by Gasteiger charge is -2.20. The van der Waals surface area contributed by atoms with Gasteiger partial charge in [0.15, 0.2) is 0 Å². The molecule has 1 atom stereocenters. The Morgan fingerprint density at radius 2 is 1.86 bits per heavy atom. The molecular formula is C19H33BrS2. The Labute approximate surface area is 156 Å². The van der Waals surface area contributed by atoms with E-state index in [9.17, 15) is 0 Å². The zero-order valence-electron chi connectivity index (χ0n) is 14.6. The van der Waals surface area contributed by atoms with Gasteiger partial charge in [0.25, 0.3) is 0 Å². The SMILES string of the molecule is Brc1cccc(SC2CCCCC2)c1.CC.CCC(C)CS. The van der Waals surface area contributed by atoms with Gasteiger partial charge in [0.2, 0.25) is 0 Å². The molecule has 1 unspecified atom stereocenters. The number of benzene rings is 1. The molecule has 0 nitrogen and oxygen atoms in total. The van der Waals surface area contributed by atoms with Crippen LogP contribution in [0.1, 0.15) is 66.2 Å². The third-order valence-corrected chi connectivity index (χ3v) is 6.11. The van der Waals surface area contributed by atoms with Crippen LogP contribution in [0.25, 0.3) is 0 Å². The molecule has 0 spiro atoms. The molecular weight excluding hydrogens is 372 g/mol. The largest absolute Gasteiger partial charge is 0.179 e. The van der Waals surface area contributed by atoms with E-state index in [4.69, 9.17) is 0 Å². The summed E-state index contributed by atoms with van der Waals surface area (Å²) < 4.78 is 1.19. The number of hydrogen-bond donors (Lipinski definition) is 1. The highest BCUT2D eigenvalue weighted by Gasteiger charge is 2.14. The van der Waals surface area contributed by atoms with Crippen LogP contribution in [0.2, 0.25) is 0 Å². The van der Waals surface area contributed by atoms with Crippen molar-refractivity contribution in [3.8, 4) is 0 Å². The highest BCUT2D eigenvalue weighted by Crippen LogP contribution is 2.34. The molecule has 0 saturated heterocycles. The third kappa shape index (κ3) is 11.0. The molecule has 0 bridgehead atoms. The molecule has 1 aromatic carbocycles. The van der Waals surface area contributed by atoms with Gasteiger partial charge in [0.1, 0.15) is 0 Å². The topological polar surface area (TPSA) is 0 Å². The first-order valence-corrected chi connectivity index (χ1v) is 11.0. The highest BCUT2D eigenvalue weighted by atomic mass is 79.9. The van der Waals surface area contributed by atoms with Crippen molar-refractivity contribution >= 4 is 40.3 Å². The van der Waals surface area contributed by atoms with Crippen molar-refractivity contribution in [3.05, 3.63) is 28.7 Å². The summed E-state index contributed by atoms with van der Waals surface area (Å²) in [5.74, 6) is 1.82. The van der Waals surface area contributed by atoms with E-state index in [1.165, 1.54) is 47.9 Å². The van der Waals surface area contributed by atoms with Gasteiger partial charge in [-0.25, -0.2) is 0 Å². The lowest BCUT2D eigenvalue weighted by molar-refractivity contribution is 0.516. The lowest BCUT2D eigenvalue weighted by atomic mass is 10.0. The maximum Gasteiger partial charge on any atom is 0.0186 e. The summed E-state index contributed by atoms with van der Waals surface area (Å²) >= 11 is 9.66. The first-order chi connectivity index (χ1) is 10.7. The summed E-state index contributed by atoms with van der Waals surface area (Å²) in [6.07, 6.45) is 8.34. The van der Waals surface area contributed by atoms with Crippen LogP contribution in [0.4, 0.5) is 0 Å². The normalized spacial score (nSPS) is 15.9. The van der Waals surface area contributed by atoms with E-state index in [0.717, 1.165) is 16.9 Å². The first kappa shape index (κ1) is 22.4. The smallest absolute Gasteiger partial charge is 0.0186 e. The predicted octanol–water partition coefficient (Wildman–Crippen LogP) is 7.86. The van der Waals surface area contributed by atoms with Crippen molar-refractivity contribution in [2.24, 2.45) is 5.92 Å². The Kier molecular flexibility index (Phi) is 15.2. The van der Waals surface area contributed by atoms with Crippen LogP contribution in [0.3, 0.4) is 0 Å². The standard InChI is InChI=1S/C12H15BrS.C5H12S.C2H6/c13-10-5-4-8-12(9-10)14-11-6-2-1-3-7-11;1-3-5(2)4-6;1-2/h4-5,8-9,11H,1-3,6-7H2;5-6H,3-4H2,1-2H3;1-2H3. The van der Waals surface area contributed by atoms with Crippen molar-refractivity contribution in [2.75, 3.05) is 5.75 Å². The number of rotatable bonds is 4. The van der Waals surface area contributed by atoms with E-state index >= 15 is 0 Å². The van der Waals surface area contributed by atoms with Crippen molar-refractivity contribution < 1.29 is 0 Å². The molecule has 0 aliphatic heterocycles. The molecule has 3 heteroatoms. The lowest BCUT2D eigenvalue weighted by Crippen LogP contribution is -2.07. The summed E-state index contributed by atoms with van der Waals surface area (Å²) in [7, 11) is 0. The number of hydrogen-bond acceptors (Lipinski definition) is 2. The van der Waals surface area contributed by atoms with Gasteiger partial charge in [-0.1, -0.05) is 75.4 Å². The molecule has 1 saturated carbocycles. The Morgan fingerprint density at radius 1 is 1.23 bits per heavy atom. The Balaban J connectivity index is 0.000000470. The molecule has 1 fully saturated rings. The number of thiol groups is 1. The van der Waals surface area contributed by atoms with E-state index in [0.29, 0.717) is 0 Å². The summed E-state index contributed by atoms with van der Waals surface area (Å²) in [5.41, 5.74) is 0. The van der Waals surface area contributed by atoms with E-state index in [-0.39, 0.29) is 0 Å². The van der Waals surface area contributed by atoms with Gasteiger partial charge in [-0.15, -0.1) is 11.8 Å². The van der Waals surface area contributed by atoms with E-state index in [1.807, 2.05) is 25.6 Å². The summed E-state index contributed by atoms with van der Waals surface area (Å²) in [6.45, 7) is 8.38. The van der Waals surface area contributed by atoms with Crippen LogP contribution < -0.4 is 0 Å². The molecule has 0 N–H and O–H groups in total. The van der Waals surface area contributed by atoms with E-state index in [2.05, 4.69) is 66.7 Å². The molecule has 1 aliphatic carbocycles. The zero-order chi connectivity index (χ0) is 16.8. The van der Waals surface area contributed by atoms with Crippen LogP contribution in [0.5, 0.6) is 0 Å². The van der Waals surface area contributed by atoms with E-state index < -0.39 is 0 Å². The van der Waals surface area contributed by atoms with Crippen molar-refractivity contribution in [1.82, 2.24) is 0 Å². The second-order valence-electron chi connectivity index (χ2n) is 5.53. The van der Waals surface area contributed by atoms with Gasteiger partial charge in [0.05, 0.1) is 0 Å². The van der Waals surface area contributed by atoms with Gasteiger partial charge in [-0.3, -0.25) is 0 Å². The third-order valence-electron chi connectivity index (χ3n) is 3.66. The fourth-order valence-corrected chi connectivity index (χ4v) is 4.16. The Morgan fingerprint density at radius 3 is 2.32 bits per heavy atom. The summed E-state index contributed by atoms with van der Waals surface area (Å²) in [5, 5.41) is 0.859. The van der Waals surface area contributed by atoms with Crippen molar-refractivity contribution in [1.29, 1.82) is 0 Å². The maximum absolute atomic E-state index is 4.10. The second-order valence-corrected chi connectivity index (χ2v) is 8.19. The zero-order valence-corrected chi connectivity index (χ0v) is 17.9. The molecule has 0 aromatic heterocycles. The average Bonchev–Trinajstić information content (AvgIpc) is 2.57. The van der Waals surface area contributed by atoms with Crippen LogP contribution >= 0.6 is 40.3 Å². The van der Waals surface area contributed by atoms with Crippen LogP contribution in [-0.2, 0) is 0 Å². The Hall–Kier alpha value is 0.400. The fourth-order valence-electron chi connectivity index (χ4n) is 2.04. The average molecular weight is 406 g/mol. The monoisotopic (exact) mass is 404 g/mol. The molecule has 128 valence electrons. The second kappa shape index (κ2) is 15.0. The minimum absolute atomic E-state index is 0.799. The number of thioether (sulfide) groups is 1. The van der Waals surface area contributed by atoms with Crippen LogP contribution in [0.15, 0.2) is 33.6 Å². The maximum atomic E-state index is 4.10. The molecule has 1 aromatic rings. The summed E-state index contributed by atoms with van der Waals surface area (Å²) in [6, 6.07) is 8.64. The number of halogens is 1. The molecule has 0 amide bonds. The van der Waals surface area contributed by atoms with Crippen molar-refractivity contribution in [2.45, 2.75) is 76.4 Å². The van der Waals surface area contributed by atoms with Gasteiger partial charge in [0, 0.05) is 14.6 Å². The molecule has 22 heavy (non-hydrogen) atoms. The molecule has 0 radical (unpaired) electrons. The van der Waals surface area contributed by atoms with E-state index in [1.54, 1.807) is 0 Å². The minimum Gasteiger partial charge on any atom is -0.179 e.